The van der Waals surface area contributed by atoms with Crippen LogP contribution in [0.15, 0.2) is 42.0 Å². The van der Waals surface area contributed by atoms with Crippen LogP contribution < -0.4 is 5.32 Å². The fourth-order valence-electron chi connectivity index (χ4n) is 2.42. The Hall–Kier alpha value is -3.10. The monoisotopic (exact) mass is 382 g/mol. The van der Waals surface area contributed by atoms with Gasteiger partial charge in [0, 0.05) is 0 Å². The minimum absolute atomic E-state index is 0.184. The number of hydrogen-bond acceptors (Lipinski definition) is 4. The second-order valence-corrected chi connectivity index (χ2v) is 6.55. The minimum atomic E-state index is -0.861. The molecule has 0 aliphatic heterocycles. The van der Waals surface area contributed by atoms with Crippen molar-refractivity contribution < 1.29 is 14.3 Å². The Kier molecular flexibility index (Phi) is 6.75. The Labute approximate surface area is 163 Å². The number of benzene rings is 2. The lowest BCUT2D eigenvalue weighted by Crippen LogP contribution is -2.22. The smallest absolute Gasteiger partial charge is 0.349 e. The highest BCUT2D eigenvalue weighted by Gasteiger charge is 2.15. The molecule has 6 heteroatoms. The second-order valence-electron chi connectivity index (χ2n) is 6.14. The van der Waals surface area contributed by atoms with Gasteiger partial charge in [-0.3, -0.25) is 4.79 Å². The average molecular weight is 383 g/mol. The summed E-state index contributed by atoms with van der Waals surface area (Å²) >= 11 is 6.14. The lowest BCUT2D eigenvalue weighted by atomic mass is 10.1. The fourth-order valence-corrected chi connectivity index (χ4v) is 2.79. The Balaban J connectivity index is 2.00. The van der Waals surface area contributed by atoms with Crippen molar-refractivity contribution in [2.45, 2.75) is 20.8 Å². The van der Waals surface area contributed by atoms with Gasteiger partial charge >= 0.3 is 5.97 Å². The van der Waals surface area contributed by atoms with Crippen molar-refractivity contribution in [1.29, 1.82) is 5.26 Å². The number of nitrogens with zero attached hydrogens (tertiary/aromatic N) is 1. The quantitative estimate of drug-likeness (QED) is 0.473. The van der Waals surface area contributed by atoms with Crippen molar-refractivity contribution in [3.05, 3.63) is 69.2 Å². The maximum atomic E-state index is 12.1. The van der Waals surface area contributed by atoms with Crippen molar-refractivity contribution >= 4 is 35.2 Å². The first-order valence-corrected chi connectivity index (χ1v) is 8.60. The van der Waals surface area contributed by atoms with Crippen molar-refractivity contribution in [3.63, 3.8) is 0 Å². The Morgan fingerprint density at radius 3 is 2.41 bits per heavy atom. The molecule has 0 fully saturated rings. The predicted molar refractivity (Wildman–Crippen MR) is 105 cm³/mol. The molecule has 2 aromatic rings. The minimum Gasteiger partial charge on any atom is -0.451 e. The number of carbonyl (C=O) groups is 2. The van der Waals surface area contributed by atoms with Crippen LogP contribution in [0.1, 0.15) is 22.3 Å². The zero-order valence-corrected chi connectivity index (χ0v) is 16.1. The highest BCUT2D eigenvalue weighted by atomic mass is 35.5. The van der Waals surface area contributed by atoms with E-state index in [2.05, 4.69) is 5.32 Å². The molecule has 5 nitrogen and oxygen atoms in total. The summed E-state index contributed by atoms with van der Waals surface area (Å²) in [5.74, 6) is -1.40. The number of ether oxygens (including phenoxy) is 1. The van der Waals surface area contributed by atoms with Crippen LogP contribution in [0.25, 0.3) is 6.08 Å². The van der Waals surface area contributed by atoms with Crippen LogP contribution in [0.4, 0.5) is 5.69 Å². The van der Waals surface area contributed by atoms with E-state index in [0.29, 0.717) is 16.3 Å². The number of hydrogen-bond donors (Lipinski definition) is 1. The molecular formula is C21H19ClN2O3. The molecule has 138 valence electrons. The van der Waals surface area contributed by atoms with Gasteiger partial charge in [-0.05, 0) is 49.6 Å². The molecule has 0 heterocycles. The number of nitrogens with one attached hydrogen (secondary N) is 1. The molecule has 1 N–H and O–H groups in total. The number of nitriles is 1. The van der Waals surface area contributed by atoms with Crippen molar-refractivity contribution in [2.75, 3.05) is 11.9 Å². The molecule has 0 saturated carbocycles. The Morgan fingerprint density at radius 2 is 1.81 bits per heavy atom. The molecular weight excluding hydrogens is 364 g/mol. The van der Waals surface area contributed by atoms with Crippen LogP contribution >= 0.6 is 11.6 Å². The predicted octanol–water partition coefficient (Wildman–Crippen LogP) is 4.35. The topological polar surface area (TPSA) is 79.2 Å². The summed E-state index contributed by atoms with van der Waals surface area (Å²) in [6, 6.07) is 12.7. The van der Waals surface area contributed by atoms with Crippen molar-refractivity contribution in [2.24, 2.45) is 0 Å². The SMILES string of the molecule is Cc1ccc(/C=C(\C#N)C(=O)OCC(=O)Nc2c(C)cc(C)cc2Cl)cc1. The van der Waals surface area contributed by atoms with E-state index in [0.717, 1.165) is 16.7 Å². The molecule has 0 aliphatic rings. The summed E-state index contributed by atoms with van der Waals surface area (Å²) in [7, 11) is 0. The van der Waals surface area contributed by atoms with Crippen LogP contribution in [0.5, 0.6) is 0 Å². The van der Waals surface area contributed by atoms with Gasteiger partial charge < -0.3 is 10.1 Å². The molecule has 27 heavy (non-hydrogen) atoms. The van der Waals surface area contributed by atoms with E-state index in [1.165, 1.54) is 6.08 Å². The van der Waals surface area contributed by atoms with Crippen LogP contribution in [-0.4, -0.2) is 18.5 Å². The molecule has 0 aromatic heterocycles. The van der Waals surface area contributed by atoms with Gasteiger partial charge in [-0.25, -0.2) is 4.79 Å². The molecule has 0 atom stereocenters. The van der Waals surface area contributed by atoms with E-state index in [1.807, 2.05) is 39.0 Å². The van der Waals surface area contributed by atoms with E-state index in [1.54, 1.807) is 24.3 Å². The molecule has 0 radical (unpaired) electrons. The first-order valence-electron chi connectivity index (χ1n) is 8.22. The van der Waals surface area contributed by atoms with Gasteiger partial charge in [0.1, 0.15) is 11.6 Å². The number of esters is 1. The molecule has 0 saturated heterocycles. The average Bonchev–Trinajstić information content (AvgIpc) is 2.62. The lowest BCUT2D eigenvalue weighted by Gasteiger charge is -2.11. The van der Waals surface area contributed by atoms with E-state index >= 15 is 0 Å². The van der Waals surface area contributed by atoms with Crippen LogP contribution in [-0.2, 0) is 14.3 Å². The largest absolute Gasteiger partial charge is 0.451 e. The lowest BCUT2D eigenvalue weighted by molar-refractivity contribution is -0.142. The zero-order chi connectivity index (χ0) is 20.0. The van der Waals surface area contributed by atoms with Crippen molar-refractivity contribution in [3.8, 4) is 6.07 Å². The molecule has 2 rings (SSSR count). The zero-order valence-electron chi connectivity index (χ0n) is 15.3. The normalized spacial score (nSPS) is 10.9. The highest BCUT2D eigenvalue weighted by molar-refractivity contribution is 6.34. The third-order valence-corrected chi connectivity index (χ3v) is 4.06. The first-order chi connectivity index (χ1) is 12.8. The molecule has 0 spiro atoms. The van der Waals surface area contributed by atoms with Gasteiger partial charge in [-0.2, -0.15) is 5.26 Å². The maximum absolute atomic E-state index is 12.1. The molecule has 0 aliphatic carbocycles. The highest BCUT2D eigenvalue weighted by Crippen LogP contribution is 2.27. The number of aryl methyl sites for hydroxylation is 3. The Morgan fingerprint density at radius 1 is 1.15 bits per heavy atom. The maximum Gasteiger partial charge on any atom is 0.349 e. The van der Waals surface area contributed by atoms with E-state index in [-0.39, 0.29) is 5.57 Å². The number of halogens is 1. The third-order valence-electron chi connectivity index (χ3n) is 3.76. The summed E-state index contributed by atoms with van der Waals surface area (Å²) in [4.78, 5) is 24.1. The first kappa shape index (κ1) is 20.2. The van der Waals surface area contributed by atoms with Gasteiger partial charge in [0.25, 0.3) is 5.91 Å². The third kappa shape index (κ3) is 5.70. The number of anilines is 1. The van der Waals surface area contributed by atoms with Crippen molar-refractivity contribution in [1.82, 2.24) is 0 Å². The standard InChI is InChI=1S/C21H19ClN2O3/c1-13-4-6-16(7-5-13)10-17(11-23)21(26)27-12-19(25)24-20-15(3)8-14(2)9-18(20)22/h4-10H,12H2,1-3H3,(H,24,25)/b17-10+. The Bertz CT molecular complexity index is 918. The van der Waals surface area contributed by atoms with Gasteiger partial charge in [-0.1, -0.05) is 47.5 Å². The number of amides is 1. The number of carbonyl (C=O) groups excluding carboxylic acids is 2. The van der Waals surface area contributed by atoms with Gasteiger partial charge in [0.2, 0.25) is 0 Å². The second kappa shape index (κ2) is 9.02. The van der Waals surface area contributed by atoms with Gasteiger partial charge in [0.05, 0.1) is 10.7 Å². The van der Waals surface area contributed by atoms with E-state index < -0.39 is 18.5 Å². The van der Waals surface area contributed by atoms with Gasteiger partial charge in [-0.15, -0.1) is 0 Å². The molecule has 1 amide bonds. The van der Waals surface area contributed by atoms with Crippen LogP contribution in [0.2, 0.25) is 5.02 Å². The summed E-state index contributed by atoms with van der Waals surface area (Å²) in [5.41, 5.74) is 3.82. The summed E-state index contributed by atoms with van der Waals surface area (Å²) in [5, 5.41) is 12.2. The van der Waals surface area contributed by atoms with Gasteiger partial charge in [0.15, 0.2) is 6.61 Å². The molecule has 0 unspecified atom stereocenters. The molecule has 0 bridgehead atoms. The van der Waals surface area contributed by atoms with Crippen LogP contribution in [0.3, 0.4) is 0 Å². The number of rotatable bonds is 5. The molecule has 2 aromatic carbocycles. The fraction of sp³-hybridized carbons (Fsp3) is 0.190. The summed E-state index contributed by atoms with van der Waals surface area (Å²) < 4.78 is 4.94. The van der Waals surface area contributed by atoms with E-state index in [4.69, 9.17) is 16.3 Å². The summed E-state index contributed by atoms with van der Waals surface area (Å²) in [6.45, 7) is 5.14. The van der Waals surface area contributed by atoms with Crippen LogP contribution in [0, 0.1) is 32.1 Å². The van der Waals surface area contributed by atoms with E-state index in [9.17, 15) is 14.9 Å². The summed E-state index contributed by atoms with van der Waals surface area (Å²) in [6.07, 6.45) is 1.42.